The first-order valence-electron chi connectivity index (χ1n) is 8.91. The maximum Gasteiger partial charge on any atom is 0.240 e. The van der Waals surface area contributed by atoms with Crippen molar-refractivity contribution in [2.75, 3.05) is 12.3 Å². The zero-order valence-corrected chi connectivity index (χ0v) is 15.2. The van der Waals surface area contributed by atoms with Gasteiger partial charge in [-0.2, -0.15) is 0 Å². The quantitative estimate of drug-likeness (QED) is 0.411. The molecule has 3 N–H and O–H groups in total. The van der Waals surface area contributed by atoms with Gasteiger partial charge >= 0.3 is 0 Å². The average Bonchev–Trinajstić information content (AvgIpc) is 2.53. The molecule has 0 spiro atoms. The minimum atomic E-state index is -3.39. The Hall–Kier alpha value is -1.07. The summed E-state index contributed by atoms with van der Waals surface area (Å²) in [5.41, 5.74) is 6.14. The third-order valence-corrected chi connectivity index (χ3v) is 5.49. The molecule has 0 saturated heterocycles. The second-order valence-corrected chi connectivity index (χ2v) is 7.92. The van der Waals surface area contributed by atoms with Crippen LogP contribution in [0.2, 0.25) is 0 Å². The summed E-state index contributed by atoms with van der Waals surface area (Å²) in [6.45, 7) is 2.74. The van der Waals surface area contributed by atoms with Crippen LogP contribution >= 0.6 is 0 Å². The van der Waals surface area contributed by atoms with E-state index in [-0.39, 0.29) is 4.90 Å². The topological polar surface area (TPSA) is 72.2 Å². The fraction of sp³-hybridized carbons (Fsp3) is 0.667. The van der Waals surface area contributed by atoms with Gasteiger partial charge in [-0.25, -0.2) is 13.1 Å². The average molecular weight is 341 g/mol. The lowest BCUT2D eigenvalue weighted by molar-refractivity contribution is 0.549. The lowest BCUT2D eigenvalue weighted by Gasteiger charge is -2.07. The van der Waals surface area contributed by atoms with Crippen molar-refractivity contribution in [3.63, 3.8) is 0 Å². The zero-order valence-electron chi connectivity index (χ0n) is 14.4. The maximum atomic E-state index is 12.1. The molecule has 0 atom stereocenters. The largest absolute Gasteiger partial charge is 0.399 e. The highest BCUT2D eigenvalue weighted by atomic mass is 32.2. The molecule has 0 aliphatic rings. The Labute approximate surface area is 141 Å². The third kappa shape index (κ3) is 8.96. The number of nitrogens with two attached hydrogens (primary N) is 1. The Kier molecular flexibility index (Phi) is 9.96. The van der Waals surface area contributed by atoms with E-state index < -0.39 is 10.0 Å². The van der Waals surface area contributed by atoms with Gasteiger partial charge in [-0.15, -0.1) is 0 Å². The Morgan fingerprint density at radius 1 is 0.826 bits per heavy atom. The Morgan fingerprint density at radius 3 is 1.83 bits per heavy atom. The molecule has 1 aromatic rings. The molecular formula is C18H32N2O2S. The Bertz CT molecular complexity index is 512. The molecule has 0 aromatic heterocycles. The van der Waals surface area contributed by atoms with E-state index in [4.69, 9.17) is 5.73 Å². The maximum absolute atomic E-state index is 12.1. The molecule has 23 heavy (non-hydrogen) atoms. The highest BCUT2D eigenvalue weighted by Gasteiger charge is 2.12. The van der Waals surface area contributed by atoms with E-state index in [1.54, 1.807) is 12.1 Å². The number of nitrogen functional groups attached to an aromatic ring is 1. The Balaban J connectivity index is 2.05. The minimum absolute atomic E-state index is 0.277. The van der Waals surface area contributed by atoms with Crippen molar-refractivity contribution in [1.82, 2.24) is 4.72 Å². The fourth-order valence-electron chi connectivity index (χ4n) is 2.55. The van der Waals surface area contributed by atoms with Crippen LogP contribution in [-0.4, -0.2) is 15.0 Å². The van der Waals surface area contributed by atoms with Gasteiger partial charge in [0.15, 0.2) is 0 Å². The van der Waals surface area contributed by atoms with Crippen LogP contribution in [0.25, 0.3) is 0 Å². The SMILES string of the molecule is CCCCCCCCCCCCNS(=O)(=O)c1ccc(N)cc1. The summed E-state index contributed by atoms with van der Waals surface area (Å²) in [6.07, 6.45) is 12.4. The number of benzene rings is 1. The molecular weight excluding hydrogens is 308 g/mol. The predicted octanol–water partition coefficient (Wildman–Crippen LogP) is 4.47. The summed E-state index contributed by atoms with van der Waals surface area (Å²) in [4.78, 5) is 0.277. The van der Waals surface area contributed by atoms with E-state index in [0.29, 0.717) is 12.2 Å². The lowest BCUT2D eigenvalue weighted by atomic mass is 10.1. The van der Waals surface area contributed by atoms with Crippen LogP contribution in [0.3, 0.4) is 0 Å². The molecule has 0 amide bonds. The summed E-state index contributed by atoms with van der Waals surface area (Å²) in [7, 11) is -3.39. The van der Waals surface area contributed by atoms with Crippen molar-refractivity contribution in [2.45, 2.75) is 76.0 Å². The van der Waals surface area contributed by atoms with Gasteiger partial charge in [0.05, 0.1) is 4.90 Å². The van der Waals surface area contributed by atoms with Crippen molar-refractivity contribution < 1.29 is 8.42 Å². The van der Waals surface area contributed by atoms with Gasteiger partial charge < -0.3 is 5.73 Å². The van der Waals surface area contributed by atoms with E-state index in [0.717, 1.165) is 12.8 Å². The number of hydrogen-bond acceptors (Lipinski definition) is 3. The number of anilines is 1. The zero-order chi connectivity index (χ0) is 17.0. The van der Waals surface area contributed by atoms with Gasteiger partial charge in [0.25, 0.3) is 0 Å². The van der Waals surface area contributed by atoms with Crippen LogP contribution in [0, 0.1) is 0 Å². The standard InChI is InChI=1S/C18H32N2O2S/c1-2-3-4-5-6-7-8-9-10-11-16-20-23(21,22)18-14-12-17(19)13-15-18/h12-15,20H,2-11,16,19H2,1H3. The molecule has 0 radical (unpaired) electrons. The highest BCUT2D eigenvalue weighted by Crippen LogP contribution is 2.12. The first-order valence-corrected chi connectivity index (χ1v) is 10.4. The molecule has 5 heteroatoms. The molecule has 0 aliphatic heterocycles. The van der Waals surface area contributed by atoms with Gasteiger partial charge in [0.1, 0.15) is 0 Å². The van der Waals surface area contributed by atoms with Crippen molar-refractivity contribution in [3.8, 4) is 0 Å². The smallest absolute Gasteiger partial charge is 0.240 e. The second kappa shape index (κ2) is 11.5. The van der Waals surface area contributed by atoms with Gasteiger partial charge in [-0.3, -0.25) is 0 Å². The monoisotopic (exact) mass is 340 g/mol. The van der Waals surface area contributed by atoms with Crippen molar-refractivity contribution >= 4 is 15.7 Å². The summed E-state index contributed by atoms with van der Waals surface area (Å²) in [5.74, 6) is 0. The first kappa shape index (κ1) is 20.0. The van der Waals surface area contributed by atoms with Gasteiger partial charge in [0.2, 0.25) is 10.0 Å². The van der Waals surface area contributed by atoms with Gasteiger partial charge in [0, 0.05) is 12.2 Å². The molecule has 1 rings (SSSR count). The summed E-state index contributed by atoms with van der Waals surface area (Å²) >= 11 is 0. The lowest BCUT2D eigenvalue weighted by Crippen LogP contribution is -2.24. The Morgan fingerprint density at radius 2 is 1.30 bits per heavy atom. The first-order chi connectivity index (χ1) is 11.1. The normalized spacial score (nSPS) is 11.7. The molecule has 0 unspecified atom stereocenters. The van der Waals surface area contributed by atoms with E-state index in [1.165, 1.54) is 63.5 Å². The van der Waals surface area contributed by atoms with Crippen LogP contribution in [0.5, 0.6) is 0 Å². The van der Waals surface area contributed by atoms with Crippen LogP contribution in [0.15, 0.2) is 29.2 Å². The summed E-state index contributed by atoms with van der Waals surface area (Å²) in [6, 6.07) is 6.29. The van der Waals surface area contributed by atoms with Crippen molar-refractivity contribution in [2.24, 2.45) is 0 Å². The molecule has 0 heterocycles. The van der Waals surface area contributed by atoms with E-state index in [2.05, 4.69) is 11.6 Å². The van der Waals surface area contributed by atoms with Gasteiger partial charge in [-0.1, -0.05) is 64.7 Å². The fourth-order valence-corrected chi connectivity index (χ4v) is 3.62. The number of rotatable bonds is 13. The predicted molar refractivity (Wildman–Crippen MR) is 97.9 cm³/mol. The van der Waals surface area contributed by atoms with Gasteiger partial charge in [-0.05, 0) is 30.7 Å². The molecule has 0 saturated carbocycles. The van der Waals surface area contributed by atoms with Crippen LogP contribution < -0.4 is 10.5 Å². The van der Waals surface area contributed by atoms with Crippen molar-refractivity contribution in [3.05, 3.63) is 24.3 Å². The third-order valence-electron chi connectivity index (χ3n) is 4.01. The van der Waals surface area contributed by atoms with Crippen LogP contribution in [-0.2, 0) is 10.0 Å². The van der Waals surface area contributed by atoms with E-state index in [9.17, 15) is 8.42 Å². The number of unbranched alkanes of at least 4 members (excludes halogenated alkanes) is 9. The second-order valence-electron chi connectivity index (χ2n) is 6.15. The van der Waals surface area contributed by atoms with Crippen molar-refractivity contribution in [1.29, 1.82) is 0 Å². The summed E-state index contributed by atoms with van der Waals surface area (Å²) < 4.78 is 26.8. The van der Waals surface area contributed by atoms with Crippen LogP contribution in [0.1, 0.15) is 71.1 Å². The minimum Gasteiger partial charge on any atom is -0.399 e. The van der Waals surface area contributed by atoms with E-state index >= 15 is 0 Å². The molecule has 0 bridgehead atoms. The number of hydrogen-bond donors (Lipinski definition) is 2. The number of nitrogens with one attached hydrogen (secondary N) is 1. The summed E-state index contributed by atoms with van der Waals surface area (Å²) in [5, 5.41) is 0. The molecule has 0 aliphatic carbocycles. The molecule has 1 aromatic carbocycles. The number of sulfonamides is 1. The molecule has 4 nitrogen and oxygen atoms in total. The highest BCUT2D eigenvalue weighted by molar-refractivity contribution is 7.89. The van der Waals surface area contributed by atoms with Crippen LogP contribution in [0.4, 0.5) is 5.69 Å². The molecule has 132 valence electrons. The van der Waals surface area contributed by atoms with E-state index in [1.807, 2.05) is 0 Å². The molecule has 0 fully saturated rings.